The quantitative estimate of drug-likeness (QED) is 0.794. The van der Waals surface area contributed by atoms with E-state index in [2.05, 4.69) is 10.3 Å². The Bertz CT molecular complexity index is 774. The Kier molecular flexibility index (Phi) is 5.08. The largest absolute Gasteiger partial charge is 0.332 e. The second-order valence-electron chi connectivity index (χ2n) is 5.73. The molecule has 0 atom stereocenters. The average Bonchev–Trinajstić information content (AvgIpc) is 3.15. The van der Waals surface area contributed by atoms with Gasteiger partial charge in [-0.3, -0.25) is 14.5 Å². The number of thiazole rings is 1. The molecule has 1 aromatic heterocycles. The third kappa shape index (κ3) is 4.03. The Morgan fingerprint density at radius 1 is 1.28 bits per heavy atom. The predicted molar refractivity (Wildman–Crippen MR) is 92.7 cm³/mol. The second kappa shape index (κ2) is 7.43. The van der Waals surface area contributed by atoms with Crippen molar-refractivity contribution in [3.63, 3.8) is 0 Å². The van der Waals surface area contributed by atoms with Gasteiger partial charge in [0.1, 0.15) is 6.54 Å². The van der Waals surface area contributed by atoms with E-state index in [1.807, 2.05) is 37.3 Å². The molecular weight excluding hydrogens is 340 g/mol. The zero-order chi connectivity index (χ0) is 17.8. The number of aromatic nitrogens is 1. The summed E-state index contributed by atoms with van der Waals surface area (Å²) in [6, 6.07) is 9.09. The lowest BCUT2D eigenvalue weighted by Crippen LogP contribution is -2.42. The number of hydrogen-bond acceptors (Lipinski definition) is 5. The first-order chi connectivity index (χ1) is 12.0. The molecule has 3 rings (SSSR count). The number of carbonyl (C=O) groups is 3. The number of amides is 4. The van der Waals surface area contributed by atoms with Gasteiger partial charge in [-0.25, -0.2) is 9.78 Å². The molecule has 1 aliphatic rings. The van der Waals surface area contributed by atoms with Crippen LogP contribution in [0.15, 0.2) is 35.8 Å². The Hall–Kier alpha value is -2.74. The van der Waals surface area contributed by atoms with Gasteiger partial charge in [0, 0.05) is 11.4 Å². The fraction of sp³-hybridized carbons (Fsp3) is 0.294. The van der Waals surface area contributed by atoms with Gasteiger partial charge in [-0.1, -0.05) is 30.3 Å². The summed E-state index contributed by atoms with van der Waals surface area (Å²) in [5.41, 5.74) is 3.61. The second-order valence-corrected chi connectivity index (χ2v) is 6.67. The highest BCUT2D eigenvalue weighted by Crippen LogP contribution is 2.17. The lowest BCUT2D eigenvalue weighted by Gasteiger charge is -2.24. The molecule has 1 N–H and O–H groups in total. The summed E-state index contributed by atoms with van der Waals surface area (Å²) in [6.07, 6.45) is 0. The number of rotatable bonds is 6. The monoisotopic (exact) mass is 358 g/mol. The highest BCUT2D eigenvalue weighted by Gasteiger charge is 2.31. The van der Waals surface area contributed by atoms with E-state index >= 15 is 0 Å². The summed E-state index contributed by atoms with van der Waals surface area (Å²) in [5, 5.41) is 2.43. The summed E-state index contributed by atoms with van der Waals surface area (Å²) >= 11 is 1.48. The van der Waals surface area contributed by atoms with Gasteiger partial charge < -0.3 is 10.2 Å². The minimum atomic E-state index is -0.521. The standard InChI is InChI=1S/C17H18N4O3S/c1-12-14(25-11-19-12)9-20(8-13-5-3-2-4-6-13)16(23)10-21-15(22)7-18-17(21)24/h2-6,11H,7-10H2,1H3,(H,18,24). The first-order valence-electron chi connectivity index (χ1n) is 7.83. The molecule has 0 spiro atoms. The van der Waals surface area contributed by atoms with Gasteiger partial charge in [-0.2, -0.15) is 0 Å². The van der Waals surface area contributed by atoms with Gasteiger partial charge in [0.05, 0.1) is 24.3 Å². The molecule has 8 heteroatoms. The average molecular weight is 358 g/mol. The van der Waals surface area contributed by atoms with Crippen LogP contribution in [0, 0.1) is 6.92 Å². The molecule has 130 valence electrons. The number of carbonyl (C=O) groups excluding carboxylic acids is 3. The number of imide groups is 1. The molecule has 2 heterocycles. The summed E-state index contributed by atoms with van der Waals surface area (Å²) in [6.45, 7) is 2.39. The molecule has 0 bridgehead atoms. The van der Waals surface area contributed by atoms with Crippen molar-refractivity contribution in [1.82, 2.24) is 20.1 Å². The molecule has 4 amide bonds. The molecular formula is C17H18N4O3S. The minimum absolute atomic E-state index is 0.0568. The Balaban J connectivity index is 1.77. The van der Waals surface area contributed by atoms with E-state index in [1.54, 1.807) is 10.4 Å². The van der Waals surface area contributed by atoms with Crippen LogP contribution in [0.2, 0.25) is 0 Å². The molecule has 0 saturated carbocycles. The third-order valence-corrected chi connectivity index (χ3v) is 4.90. The first kappa shape index (κ1) is 17.1. The van der Waals surface area contributed by atoms with E-state index in [0.29, 0.717) is 13.1 Å². The molecule has 25 heavy (non-hydrogen) atoms. The normalized spacial score (nSPS) is 13.9. The van der Waals surface area contributed by atoms with Crippen LogP contribution in [-0.4, -0.2) is 45.7 Å². The van der Waals surface area contributed by atoms with Gasteiger partial charge >= 0.3 is 6.03 Å². The highest BCUT2D eigenvalue weighted by molar-refractivity contribution is 7.09. The molecule has 1 aliphatic heterocycles. The predicted octanol–water partition coefficient (Wildman–Crippen LogP) is 1.53. The number of benzene rings is 1. The Labute approximate surface area is 149 Å². The molecule has 1 fully saturated rings. The molecule has 0 radical (unpaired) electrons. The van der Waals surface area contributed by atoms with Gasteiger partial charge in [0.15, 0.2) is 0 Å². The van der Waals surface area contributed by atoms with Gasteiger partial charge in [0.25, 0.3) is 5.91 Å². The van der Waals surface area contributed by atoms with Crippen LogP contribution in [0.3, 0.4) is 0 Å². The summed E-state index contributed by atoms with van der Waals surface area (Å²) in [5.74, 6) is -0.658. The topological polar surface area (TPSA) is 82.6 Å². The van der Waals surface area contributed by atoms with Crippen molar-refractivity contribution in [1.29, 1.82) is 0 Å². The van der Waals surface area contributed by atoms with Gasteiger partial charge in [0.2, 0.25) is 5.91 Å². The van der Waals surface area contributed by atoms with Crippen molar-refractivity contribution in [3.8, 4) is 0 Å². The SMILES string of the molecule is Cc1ncsc1CN(Cc1ccccc1)C(=O)CN1C(=O)CNC1=O. The van der Waals surface area contributed by atoms with E-state index in [1.165, 1.54) is 11.3 Å². The smallest absolute Gasteiger partial charge is 0.325 e. The van der Waals surface area contributed by atoms with Crippen molar-refractivity contribution < 1.29 is 14.4 Å². The van der Waals surface area contributed by atoms with E-state index in [0.717, 1.165) is 21.0 Å². The van der Waals surface area contributed by atoms with E-state index in [-0.39, 0.29) is 24.9 Å². The zero-order valence-corrected chi connectivity index (χ0v) is 14.6. The van der Waals surface area contributed by atoms with Crippen LogP contribution >= 0.6 is 11.3 Å². The fourth-order valence-electron chi connectivity index (χ4n) is 2.54. The van der Waals surface area contributed by atoms with Crippen molar-refractivity contribution in [2.24, 2.45) is 0 Å². The van der Waals surface area contributed by atoms with Crippen LogP contribution in [0.1, 0.15) is 16.1 Å². The summed E-state index contributed by atoms with van der Waals surface area (Å²) < 4.78 is 0. The van der Waals surface area contributed by atoms with Crippen LogP contribution in [0.5, 0.6) is 0 Å². The minimum Gasteiger partial charge on any atom is -0.332 e. The van der Waals surface area contributed by atoms with Gasteiger partial charge in [-0.05, 0) is 12.5 Å². The zero-order valence-electron chi connectivity index (χ0n) is 13.8. The van der Waals surface area contributed by atoms with Crippen LogP contribution in [0.4, 0.5) is 4.79 Å². The maximum atomic E-state index is 12.8. The van der Waals surface area contributed by atoms with Crippen molar-refractivity contribution in [3.05, 3.63) is 52.0 Å². The maximum Gasteiger partial charge on any atom is 0.325 e. The Morgan fingerprint density at radius 2 is 2.04 bits per heavy atom. The molecule has 0 aliphatic carbocycles. The van der Waals surface area contributed by atoms with Crippen LogP contribution < -0.4 is 5.32 Å². The van der Waals surface area contributed by atoms with E-state index < -0.39 is 6.03 Å². The third-order valence-electron chi connectivity index (χ3n) is 3.98. The Morgan fingerprint density at radius 3 is 2.64 bits per heavy atom. The van der Waals surface area contributed by atoms with Crippen LogP contribution in [0.25, 0.3) is 0 Å². The first-order valence-corrected chi connectivity index (χ1v) is 8.71. The molecule has 1 saturated heterocycles. The molecule has 1 aromatic carbocycles. The number of nitrogens with one attached hydrogen (secondary N) is 1. The number of urea groups is 1. The summed E-state index contributed by atoms with van der Waals surface area (Å²) in [4.78, 5) is 44.0. The lowest BCUT2D eigenvalue weighted by atomic mass is 10.2. The molecule has 7 nitrogen and oxygen atoms in total. The van der Waals surface area contributed by atoms with E-state index in [9.17, 15) is 14.4 Å². The van der Waals surface area contributed by atoms with Crippen molar-refractivity contribution in [2.45, 2.75) is 20.0 Å². The molecule has 0 unspecified atom stereocenters. The highest BCUT2D eigenvalue weighted by atomic mass is 32.1. The number of hydrogen-bond donors (Lipinski definition) is 1. The number of nitrogens with zero attached hydrogens (tertiary/aromatic N) is 3. The lowest BCUT2D eigenvalue weighted by molar-refractivity contribution is -0.137. The van der Waals surface area contributed by atoms with Crippen molar-refractivity contribution in [2.75, 3.05) is 13.1 Å². The van der Waals surface area contributed by atoms with Crippen LogP contribution in [-0.2, 0) is 22.7 Å². The maximum absolute atomic E-state index is 12.8. The summed E-state index contributed by atoms with van der Waals surface area (Å²) in [7, 11) is 0. The fourth-order valence-corrected chi connectivity index (χ4v) is 3.33. The van der Waals surface area contributed by atoms with E-state index in [4.69, 9.17) is 0 Å². The van der Waals surface area contributed by atoms with Crippen molar-refractivity contribution >= 4 is 29.2 Å². The molecule has 2 aromatic rings. The number of aryl methyl sites for hydroxylation is 1. The van der Waals surface area contributed by atoms with Gasteiger partial charge in [-0.15, -0.1) is 11.3 Å².